The minimum Gasteiger partial charge on any atom is -0.463 e. The van der Waals surface area contributed by atoms with E-state index in [0.29, 0.717) is 0 Å². The second-order valence-corrected chi connectivity index (χ2v) is 5.57. The maximum atomic E-state index is 5.43. The predicted molar refractivity (Wildman–Crippen MR) is 82.3 cm³/mol. The molecule has 0 aliphatic rings. The van der Waals surface area contributed by atoms with Crippen molar-refractivity contribution in [2.24, 2.45) is 0 Å². The van der Waals surface area contributed by atoms with Crippen molar-refractivity contribution in [3.63, 3.8) is 0 Å². The molecule has 0 spiro atoms. The molecule has 0 saturated heterocycles. The van der Waals surface area contributed by atoms with Crippen molar-refractivity contribution in [1.29, 1.82) is 0 Å². The van der Waals surface area contributed by atoms with Crippen molar-refractivity contribution in [3.05, 3.63) is 59.1 Å². The van der Waals surface area contributed by atoms with Crippen LogP contribution < -0.4 is 5.32 Å². The van der Waals surface area contributed by atoms with Crippen LogP contribution in [0.1, 0.15) is 4.88 Å². The molecule has 0 aliphatic heterocycles. The molecule has 4 aromatic heterocycles. The van der Waals surface area contributed by atoms with Gasteiger partial charge in [-0.1, -0.05) is 6.07 Å². The molecule has 6 heteroatoms. The third-order valence-corrected chi connectivity index (χ3v) is 4.04. The van der Waals surface area contributed by atoms with Gasteiger partial charge in [0.15, 0.2) is 11.4 Å². The number of anilines is 1. The molecule has 4 heterocycles. The predicted octanol–water partition coefficient (Wildman–Crippen LogP) is 3.66. The highest BCUT2D eigenvalue weighted by molar-refractivity contribution is 7.09. The number of aromatic nitrogens is 3. The van der Waals surface area contributed by atoms with Crippen molar-refractivity contribution in [2.45, 2.75) is 6.54 Å². The number of thiophene rings is 1. The molecule has 1 N–H and O–H groups in total. The van der Waals surface area contributed by atoms with Crippen LogP contribution in [-0.2, 0) is 6.54 Å². The molecule has 0 amide bonds. The molecule has 4 aromatic rings. The topological polar surface area (TPSA) is 55.4 Å². The molecule has 0 saturated carbocycles. The third-order valence-electron chi connectivity index (χ3n) is 3.16. The maximum absolute atomic E-state index is 5.43. The monoisotopic (exact) mass is 296 g/mol. The van der Waals surface area contributed by atoms with Crippen LogP contribution in [0.15, 0.2) is 58.7 Å². The summed E-state index contributed by atoms with van der Waals surface area (Å²) in [6.45, 7) is 0.765. The zero-order valence-corrected chi connectivity index (χ0v) is 11.9. The first-order chi connectivity index (χ1) is 10.4. The lowest BCUT2D eigenvalue weighted by Crippen LogP contribution is -2.03. The lowest BCUT2D eigenvalue weighted by molar-refractivity contribution is 0.578. The number of nitrogens with one attached hydrogen (secondary N) is 1. The number of furan rings is 1. The summed E-state index contributed by atoms with van der Waals surface area (Å²) >= 11 is 1.72. The van der Waals surface area contributed by atoms with E-state index in [4.69, 9.17) is 4.42 Å². The Bertz CT molecular complexity index is 849. The van der Waals surface area contributed by atoms with E-state index in [-0.39, 0.29) is 0 Å². The average Bonchev–Trinajstić information content (AvgIpc) is 3.24. The lowest BCUT2D eigenvalue weighted by Gasteiger charge is -2.05. The van der Waals surface area contributed by atoms with E-state index in [1.54, 1.807) is 28.3 Å². The molecule has 4 rings (SSSR count). The van der Waals surface area contributed by atoms with Crippen molar-refractivity contribution >= 4 is 22.8 Å². The van der Waals surface area contributed by atoms with Crippen LogP contribution in [0.3, 0.4) is 0 Å². The Balaban J connectivity index is 1.67. The van der Waals surface area contributed by atoms with E-state index in [1.807, 2.05) is 30.3 Å². The van der Waals surface area contributed by atoms with Crippen LogP contribution in [-0.4, -0.2) is 14.6 Å². The van der Waals surface area contributed by atoms with E-state index < -0.39 is 0 Å². The molecule has 5 nitrogen and oxygen atoms in total. The first-order valence-electron chi connectivity index (χ1n) is 6.55. The summed E-state index contributed by atoms with van der Waals surface area (Å²) in [7, 11) is 0. The Kier molecular flexibility index (Phi) is 2.93. The second kappa shape index (κ2) is 5.06. The van der Waals surface area contributed by atoms with Gasteiger partial charge in [0, 0.05) is 4.88 Å². The average molecular weight is 296 g/mol. The number of fused-ring (bicyclic) bond motifs is 1. The number of hydrogen-bond acceptors (Lipinski definition) is 5. The highest BCUT2D eigenvalue weighted by atomic mass is 32.1. The second-order valence-electron chi connectivity index (χ2n) is 4.54. The molecular formula is C15H12N4OS. The van der Waals surface area contributed by atoms with Crippen molar-refractivity contribution in [2.75, 3.05) is 5.32 Å². The molecule has 0 unspecified atom stereocenters. The Hall–Kier alpha value is -2.60. The highest BCUT2D eigenvalue weighted by Gasteiger charge is 2.09. The summed E-state index contributed by atoms with van der Waals surface area (Å²) < 4.78 is 7.21. The molecule has 104 valence electrons. The van der Waals surface area contributed by atoms with Gasteiger partial charge in [-0.25, -0.2) is 9.50 Å². The molecule has 21 heavy (non-hydrogen) atoms. The van der Waals surface area contributed by atoms with E-state index >= 15 is 0 Å². The van der Waals surface area contributed by atoms with Gasteiger partial charge in [0.05, 0.1) is 19.0 Å². The van der Waals surface area contributed by atoms with Gasteiger partial charge < -0.3 is 9.73 Å². The van der Waals surface area contributed by atoms with Gasteiger partial charge in [0.25, 0.3) is 0 Å². The van der Waals surface area contributed by atoms with Crippen LogP contribution in [0.2, 0.25) is 0 Å². The zero-order valence-electron chi connectivity index (χ0n) is 11.1. The Labute approximate surface area is 124 Å². The van der Waals surface area contributed by atoms with Crippen LogP contribution >= 0.6 is 11.3 Å². The first kappa shape index (κ1) is 12.2. The normalized spacial score (nSPS) is 11.0. The van der Waals surface area contributed by atoms with Crippen LogP contribution in [0.25, 0.3) is 17.1 Å². The quantitative estimate of drug-likeness (QED) is 0.624. The van der Waals surface area contributed by atoms with Crippen molar-refractivity contribution in [3.8, 4) is 11.5 Å². The van der Waals surface area contributed by atoms with Gasteiger partial charge in [-0.05, 0) is 35.7 Å². The smallest absolute Gasteiger partial charge is 0.154 e. The molecule has 0 aromatic carbocycles. The summed E-state index contributed by atoms with van der Waals surface area (Å²) in [4.78, 5) is 5.61. The summed E-state index contributed by atoms with van der Waals surface area (Å²) in [5.74, 6) is 1.56. The van der Waals surface area contributed by atoms with Gasteiger partial charge in [0.2, 0.25) is 0 Å². The van der Waals surface area contributed by atoms with E-state index in [2.05, 4.69) is 26.8 Å². The van der Waals surface area contributed by atoms with E-state index in [0.717, 1.165) is 29.5 Å². The first-order valence-corrected chi connectivity index (χ1v) is 7.43. The SMILES string of the molecule is c1coc(-c2cnc3ccc(NCc4cccs4)nn23)c1. The fraction of sp³-hybridized carbons (Fsp3) is 0.0667. The van der Waals surface area contributed by atoms with Gasteiger partial charge >= 0.3 is 0 Å². The highest BCUT2D eigenvalue weighted by Crippen LogP contribution is 2.21. The summed E-state index contributed by atoms with van der Waals surface area (Å²) in [6, 6.07) is 11.8. The number of nitrogens with zero attached hydrogens (tertiary/aromatic N) is 3. The van der Waals surface area contributed by atoms with Crippen molar-refractivity contribution in [1.82, 2.24) is 14.6 Å². The number of hydrogen-bond donors (Lipinski definition) is 1. The standard InChI is InChI=1S/C15H12N4OS/c1-4-13(20-7-1)12-10-17-15-6-5-14(18-19(12)15)16-9-11-3-2-8-21-11/h1-8,10H,9H2,(H,16,18). The molecular weight excluding hydrogens is 284 g/mol. The van der Waals surface area contributed by atoms with Crippen LogP contribution in [0.4, 0.5) is 5.82 Å². The summed E-state index contributed by atoms with van der Waals surface area (Å²) in [6.07, 6.45) is 3.41. The van der Waals surface area contributed by atoms with Gasteiger partial charge in [-0.2, -0.15) is 0 Å². The Morgan fingerprint density at radius 2 is 2.19 bits per heavy atom. The Morgan fingerprint density at radius 1 is 1.19 bits per heavy atom. The van der Waals surface area contributed by atoms with Gasteiger partial charge in [-0.3, -0.25) is 0 Å². The molecule has 0 fully saturated rings. The fourth-order valence-corrected chi connectivity index (χ4v) is 2.80. The molecule has 0 atom stereocenters. The maximum Gasteiger partial charge on any atom is 0.154 e. The minimum atomic E-state index is 0.755. The van der Waals surface area contributed by atoms with E-state index in [1.165, 1.54) is 4.88 Å². The largest absolute Gasteiger partial charge is 0.463 e. The van der Waals surface area contributed by atoms with Crippen LogP contribution in [0, 0.1) is 0 Å². The number of rotatable bonds is 4. The Morgan fingerprint density at radius 3 is 3.00 bits per heavy atom. The molecule has 0 radical (unpaired) electrons. The molecule has 0 aliphatic carbocycles. The third kappa shape index (κ3) is 2.30. The minimum absolute atomic E-state index is 0.755. The van der Waals surface area contributed by atoms with Crippen LogP contribution in [0.5, 0.6) is 0 Å². The summed E-state index contributed by atoms with van der Waals surface area (Å²) in [5.41, 5.74) is 1.64. The zero-order chi connectivity index (χ0) is 14.1. The van der Waals surface area contributed by atoms with E-state index in [9.17, 15) is 0 Å². The van der Waals surface area contributed by atoms with Crippen molar-refractivity contribution < 1.29 is 4.42 Å². The fourth-order valence-electron chi connectivity index (χ4n) is 2.15. The van der Waals surface area contributed by atoms with Gasteiger partial charge in [-0.15, -0.1) is 16.4 Å². The van der Waals surface area contributed by atoms with Gasteiger partial charge in [0.1, 0.15) is 11.5 Å². The molecule has 0 bridgehead atoms. The summed E-state index contributed by atoms with van der Waals surface area (Å²) in [5, 5.41) is 9.97. The lowest BCUT2D eigenvalue weighted by atomic mass is 10.3. The number of imidazole rings is 1.